The summed E-state index contributed by atoms with van der Waals surface area (Å²) >= 11 is 0. The van der Waals surface area contributed by atoms with Crippen molar-refractivity contribution in [2.45, 2.75) is 46.1 Å². The van der Waals surface area contributed by atoms with Gasteiger partial charge in [-0.15, -0.1) is 0 Å². The first-order valence-corrected chi connectivity index (χ1v) is 5.93. The molecule has 0 aromatic heterocycles. The molecule has 1 amide bonds. The number of hydrogen-bond donors (Lipinski definition) is 3. The summed E-state index contributed by atoms with van der Waals surface area (Å²) in [7, 11) is 0. The largest absolute Gasteiger partial charge is 0.389 e. The van der Waals surface area contributed by atoms with E-state index in [0.29, 0.717) is 18.9 Å². The van der Waals surface area contributed by atoms with Crippen molar-refractivity contribution in [2.75, 3.05) is 13.1 Å². The van der Waals surface area contributed by atoms with Gasteiger partial charge in [0.05, 0.1) is 5.60 Å². The van der Waals surface area contributed by atoms with Gasteiger partial charge in [-0.1, -0.05) is 13.8 Å². The summed E-state index contributed by atoms with van der Waals surface area (Å²) in [5.41, 5.74) is 4.77. The number of carbonyl (C=O) groups excluding carboxylic acids is 1. The van der Waals surface area contributed by atoms with E-state index in [2.05, 4.69) is 19.2 Å². The van der Waals surface area contributed by atoms with Gasteiger partial charge in [-0.3, -0.25) is 4.79 Å². The zero-order valence-electron chi connectivity index (χ0n) is 10.9. The molecule has 1 unspecified atom stereocenters. The quantitative estimate of drug-likeness (QED) is 0.608. The van der Waals surface area contributed by atoms with Gasteiger partial charge in [0, 0.05) is 13.0 Å². The molecule has 1 atom stereocenters. The minimum Gasteiger partial charge on any atom is -0.389 e. The molecule has 0 saturated heterocycles. The lowest BCUT2D eigenvalue weighted by molar-refractivity contribution is -0.123. The van der Waals surface area contributed by atoms with Gasteiger partial charge in [-0.25, -0.2) is 0 Å². The Kier molecular flexibility index (Phi) is 6.60. The van der Waals surface area contributed by atoms with Crippen LogP contribution in [-0.4, -0.2) is 29.7 Å². The molecular formula is C12H26N2O2. The van der Waals surface area contributed by atoms with E-state index in [1.807, 2.05) is 0 Å². The Morgan fingerprint density at radius 1 is 1.44 bits per heavy atom. The van der Waals surface area contributed by atoms with Gasteiger partial charge in [0.25, 0.3) is 0 Å². The van der Waals surface area contributed by atoms with Crippen molar-refractivity contribution in [3.63, 3.8) is 0 Å². The van der Waals surface area contributed by atoms with E-state index in [1.165, 1.54) is 0 Å². The number of carbonyl (C=O) groups is 1. The van der Waals surface area contributed by atoms with E-state index in [-0.39, 0.29) is 18.4 Å². The smallest absolute Gasteiger partial charge is 0.220 e. The van der Waals surface area contributed by atoms with Gasteiger partial charge in [0.2, 0.25) is 5.91 Å². The molecule has 0 aromatic rings. The lowest BCUT2D eigenvalue weighted by atomic mass is 9.94. The number of hydrogen-bond acceptors (Lipinski definition) is 3. The fourth-order valence-electron chi connectivity index (χ4n) is 1.58. The van der Waals surface area contributed by atoms with E-state index in [1.54, 1.807) is 13.8 Å². The van der Waals surface area contributed by atoms with Crippen molar-refractivity contribution in [3.8, 4) is 0 Å². The van der Waals surface area contributed by atoms with E-state index in [4.69, 9.17) is 5.73 Å². The highest BCUT2D eigenvalue weighted by atomic mass is 16.3. The lowest BCUT2D eigenvalue weighted by Crippen LogP contribution is -2.39. The molecule has 0 aromatic carbocycles. The first kappa shape index (κ1) is 15.4. The van der Waals surface area contributed by atoms with Crippen LogP contribution in [0.3, 0.4) is 0 Å². The van der Waals surface area contributed by atoms with Crippen molar-refractivity contribution in [1.29, 1.82) is 0 Å². The molecule has 0 rings (SSSR count). The molecule has 0 heterocycles. The number of rotatable bonds is 7. The van der Waals surface area contributed by atoms with Crippen LogP contribution in [-0.2, 0) is 4.79 Å². The normalized spacial score (nSPS) is 13.9. The Bertz CT molecular complexity index is 210. The van der Waals surface area contributed by atoms with Crippen LogP contribution >= 0.6 is 0 Å². The molecule has 4 N–H and O–H groups in total. The van der Waals surface area contributed by atoms with Crippen LogP contribution in [0.15, 0.2) is 0 Å². The van der Waals surface area contributed by atoms with E-state index in [0.717, 1.165) is 6.42 Å². The number of aliphatic hydroxyl groups is 1. The minimum absolute atomic E-state index is 0.0294. The van der Waals surface area contributed by atoms with Crippen LogP contribution in [0.4, 0.5) is 0 Å². The van der Waals surface area contributed by atoms with E-state index in [9.17, 15) is 9.90 Å². The van der Waals surface area contributed by atoms with Crippen LogP contribution < -0.4 is 11.1 Å². The van der Waals surface area contributed by atoms with Crippen LogP contribution in [0.5, 0.6) is 0 Å². The lowest BCUT2D eigenvalue weighted by Gasteiger charge is -2.20. The summed E-state index contributed by atoms with van der Waals surface area (Å²) in [5, 5.41) is 12.2. The van der Waals surface area contributed by atoms with Gasteiger partial charge in [-0.2, -0.15) is 0 Å². The van der Waals surface area contributed by atoms with Gasteiger partial charge in [0.1, 0.15) is 0 Å². The highest BCUT2D eigenvalue weighted by Crippen LogP contribution is 2.14. The molecular weight excluding hydrogens is 204 g/mol. The standard InChI is InChI=1S/C12H26N2O2/c1-9(2)5-10(7-13)6-11(15)14-8-12(3,4)16/h9-10,16H,5-8,13H2,1-4H3,(H,14,15). The highest BCUT2D eigenvalue weighted by molar-refractivity contribution is 5.76. The van der Waals surface area contributed by atoms with Gasteiger partial charge in [-0.05, 0) is 38.6 Å². The van der Waals surface area contributed by atoms with Crippen LogP contribution in [0.1, 0.15) is 40.5 Å². The Morgan fingerprint density at radius 2 is 2.00 bits per heavy atom. The summed E-state index contributed by atoms with van der Waals surface area (Å²) in [4.78, 5) is 11.6. The zero-order chi connectivity index (χ0) is 12.8. The van der Waals surface area contributed by atoms with Crippen LogP contribution in [0.25, 0.3) is 0 Å². The van der Waals surface area contributed by atoms with Crippen molar-refractivity contribution < 1.29 is 9.90 Å². The SMILES string of the molecule is CC(C)CC(CN)CC(=O)NCC(C)(C)O. The fraction of sp³-hybridized carbons (Fsp3) is 0.917. The Morgan fingerprint density at radius 3 is 2.38 bits per heavy atom. The van der Waals surface area contributed by atoms with Crippen LogP contribution in [0.2, 0.25) is 0 Å². The Balaban J connectivity index is 3.92. The molecule has 0 saturated carbocycles. The molecule has 16 heavy (non-hydrogen) atoms. The van der Waals surface area contributed by atoms with E-state index < -0.39 is 5.60 Å². The molecule has 4 heteroatoms. The first-order chi connectivity index (χ1) is 7.24. The first-order valence-electron chi connectivity index (χ1n) is 5.93. The van der Waals surface area contributed by atoms with Gasteiger partial charge >= 0.3 is 0 Å². The van der Waals surface area contributed by atoms with Gasteiger partial charge < -0.3 is 16.2 Å². The monoisotopic (exact) mass is 230 g/mol. The second-order valence-electron chi connectivity index (χ2n) is 5.52. The molecule has 4 nitrogen and oxygen atoms in total. The third-order valence-corrected chi connectivity index (χ3v) is 2.33. The molecule has 96 valence electrons. The average Bonchev–Trinajstić information content (AvgIpc) is 2.12. The molecule has 0 aliphatic rings. The zero-order valence-corrected chi connectivity index (χ0v) is 10.9. The fourth-order valence-corrected chi connectivity index (χ4v) is 1.58. The predicted molar refractivity (Wildman–Crippen MR) is 65.9 cm³/mol. The molecule has 0 fully saturated rings. The average molecular weight is 230 g/mol. The van der Waals surface area contributed by atoms with Crippen LogP contribution in [0, 0.1) is 11.8 Å². The summed E-state index contributed by atoms with van der Waals surface area (Å²) in [6.45, 7) is 8.40. The third-order valence-electron chi connectivity index (χ3n) is 2.33. The second kappa shape index (κ2) is 6.86. The maximum absolute atomic E-state index is 11.6. The highest BCUT2D eigenvalue weighted by Gasteiger charge is 2.17. The van der Waals surface area contributed by atoms with Crippen molar-refractivity contribution in [1.82, 2.24) is 5.32 Å². The summed E-state index contributed by atoms with van der Waals surface area (Å²) in [6, 6.07) is 0. The van der Waals surface area contributed by atoms with Crippen molar-refractivity contribution in [2.24, 2.45) is 17.6 Å². The Labute approximate surface area is 98.6 Å². The van der Waals surface area contributed by atoms with E-state index >= 15 is 0 Å². The maximum Gasteiger partial charge on any atom is 0.220 e. The summed E-state index contributed by atoms with van der Waals surface area (Å²) in [6.07, 6.45) is 1.41. The number of amides is 1. The summed E-state index contributed by atoms with van der Waals surface area (Å²) < 4.78 is 0. The molecule has 0 aliphatic heterocycles. The molecule has 0 radical (unpaired) electrons. The summed E-state index contributed by atoms with van der Waals surface area (Å²) in [5.74, 6) is 0.760. The minimum atomic E-state index is -0.855. The Hall–Kier alpha value is -0.610. The van der Waals surface area contributed by atoms with Crippen molar-refractivity contribution >= 4 is 5.91 Å². The third kappa shape index (κ3) is 8.68. The predicted octanol–water partition coefficient (Wildman–Crippen LogP) is 0.885. The maximum atomic E-state index is 11.6. The second-order valence-corrected chi connectivity index (χ2v) is 5.52. The number of nitrogens with two attached hydrogens (primary N) is 1. The van der Waals surface area contributed by atoms with Crippen molar-refractivity contribution in [3.05, 3.63) is 0 Å². The number of nitrogens with one attached hydrogen (secondary N) is 1. The van der Waals surface area contributed by atoms with Gasteiger partial charge in [0.15, 0.2) is 0 Å². The molecule has 0 bridgehead atoms. The molecule has 0 aliphatic carbocycles. The topological polar surface area (TPSA) is 75.4 Å². The molecule has 0 spiro atoms.